The molecule has 0 aromatic heterocycles. The molecule has 11 heavy (non-hydrogen) atoms. The molecule has 0 saturated carbocycles. The number of aliphatic hydroxyl groups excluding tert-OH is 1. The topological polar surface area (TPSA) is 67.5 Å². The normalized spacial score (nSPS) is 10.4. The van der Waals surface area contributed by atoms with E-state index in [2.05, 4.69) is 5.32 Å². The lowest BCUT2D eigenvalue weighted by atomic mass is 10.4. The molecule has 0 aromatic rings. The van der Waals surface area contributed by atoms with Crippen LogP contribution >= 0.6 is 0 Å². The van der Waals surface area contributed by atoms with Gasteiger partial charge in [0.05, 0.1) is 13.2 Å². The van der Waals surface area contributed by atoms with Gasteiger partial charge in [-0.05, 0) is 13.0 Å². The standard InChI is InChI=1S/C7H18N2O2/c8-2-4-9-3-1-6-11-7-5-10/h9-10H,1-8H2. The van der Waals surface area contributed by atoms with Gasteiger partial charge in [0.15, 0.2) is 0 Å². The highest BCUT2D eigenvalue weighted by atomic mass is 16.5. The first kappa shape index (κ1) is 10.8. The van der Waals surface area contributed by atoms with Gasteiger partial charge in [-0.2, -0.15) is 0 Å². The number of ether oxygens (including phenoxy) is 1. The molecule has 68 valence electrons. The van der Waals surface area contributed by atoms with Crippen molar-refractivity contribution in [2.45, 2.75) is 6.42 Å². The van der Waals surface area contributed by atoms with Crippen molar-refractivity contribution >= 4 is 0 Å². The number of aliphatic hydroxyl groups is 1. The van der Waals surface area contributed by atoms with Crippen LogP contribution in [0.4, 0.5) is 0 Å². The molecule has 0 aliphatic heterocycles. The minimum atomic E-state index is 0.107. The third kappa shape index (κ3) is 9.84. The lowest BCUT2D eigenvalue weighted by molar-refractivity contribution is 0.0908. The fraction of sp³-hybridized carbons (Fsp3) is 1.00. The molecule has 0 spiro atoms. The van der Waals surface area contributed by atoms with Gasteiger partial charge in [-0.1, -0.05) is 0 Å². The summed E-state index contributed by atoms with van der Waals surface area (Å²) < 4.78 is 5.04. The first-order valence-corrected chi connectivity index (χ1v) is 4.01. The SMILES string of the molecule is NCCNCCCOCCO. The Morgan fingerprint density at radius 1 is 1.27 bits per heavy atom. The molecule has 0 rings (SSSR count). The largest absolute Gasteiger partial charge is 0.394 e. The Hall–Kier alpha value is -0.160. The monoisotopic (exact) mass is 162 g/mol. The van der Waals surface area contributed by atoms with Gasteiger partial charge in [0.1, 0.15) is 0 Å². The third-order valence-corrected chi connectivity index (χ3v) is 1.20. The maximum Gasteiger partial charge on any atom is 0.0697 e. The van der Waals surface area contributed by atoms with E-state index >= 15 is 0 Å². The Morgan fingerprint density at radius 3 is 2.73 bits per heavy atom. The zero-order chi connectivity index (χ0) is 8.36. The van der Waals surface area contributed by atoms with Gasteiger partial charge in [0.25, 0.3) is 0 Å². The molecular formula is C7H18N2O2. The van der Waals surface area contributed by atoms with E-state index in [1.54, 1.807) is 0 Å². The number of hydrogen-bond acceptors (Lipinski definition) is 4. The first-order valence-electron chi connectivity index (χ1n) is 4.01. The third-order valence-electron chi connectivity index (χ3n) is 1.20. The Kier molecular flexibility index (Phi) is 9.70. The summed E-state index contributed by atoms with van der Waals surface area (Å²) >= 11 is 0. The van der Waals surface area contributed by atoms with Gasteiger partial charge in [0.2, 0.25) is 0 Å². The van der Waals surface area contributed by atoms with E-state index < -0.39 is 0 Å². The van der Waals surface area contributed by atoms with Crippen LogP contribution in [-0.2, 0) is 4.74 Å². The van der Waals surface area contributed by atoms with E-state index in [0.717, 1.165) is 19.5 Å². The van der Waals surface area contributed by atoms with Gasteiger partial charge in [-0.15, -0.1) is 0 Å². The molecule has 0 heterocycles. The molecular weight excluding hydrogens is 144 g/mol. The lowest BCUT2D eigenvalue weighted by Crippen LogP contribution is -2.24. The smallest absolute Gasteiger partial charge is 0.0697 e. The summed E-state index contributed by atoms with van der Waals surface area (Å²) in [6.07, 6.45) is 0.972. The van der Waals surface area contributed by atoms with Crippen LogP contribution in [-0.4, -0.2) is 44.6 Å². The summed E-state index contributed by atoms with van der Waals surface area (Å²) in [5, 5.41) is 11.5. The van der Waals surface area contributed by atoms with Gasteiger partial charge < -0.3 is 20.9 Å². The van der Waals surface area contributed by atoms with E-state index in [9.17, 15) is 0 Å². The van der Waals surface area contributed by atoms with Crippen LogP contribution in [0.5, 0.6) is 0 Å². The van der Waals surface area contributed by atoms with Crippen molar-refractivity contribution in [1.29, 1.82) is 0 Å². The summed E-state index contributed by atoms with van der Waals surface area (Å²) in [7, 11) is 0. The molecule has 0 aromatic carbocycles. The molecule has 0 fully saturated rings. The van der Waals surface area contributed by atoms with Crippen LogP contribution in [0, 0.1) is 0 Å². The van der Waals surface area contributed by atoms with Crippen LogP contribution in [0.15, 0.2) is 0 Å². The van der Waals surface area contributed by atoms with Crippen LogP contribution in [0.3, 0.4) is 0 Å². The summed E-state index contributed by atoms with van der Waals surface area (Å²) in [5.74, 6) is 0. The van der Waals surface area contributed by atoms with Crippen LogP contribution in [0.25, 0.3) is 0 Å². The zero-order valence-electron chi connectivity index (χ0n) is 6.88. The molecule has 0 bridgehead atoms. The molecule has 0 amide bonds. The quantitative estimate of drug-likeness (QED) is 0.398. The number of hydrogen-bond donors (Lipinski definition) is 3. The molecule has 0 atom stereocenters. The van der Waals surface area contributed by atoms with Crippen molar-refractivity contribution in [2.24, 2.45) is 5.73 Å². The van der Waals surface area contributed by atoms with Crippen molar-refractivity contribution in [1.82, 2.24) is 5.32 Å². The second kappa shape index (κ2) is 9.84. The summed E-state index contributed by atoms with van der Waals surface area (Å²) in [4.78, 5) is 0. The van der Waals surface area contributed by atoms with E-state index in [1.165, 1.54) is 0 Å². The minimum absolute atomic E-state index is 0.107. The van der Waals surface area contributed by atoms with Gasteiger partial charge >= 0.3 is 0 Å². The van der Waals surface area contributed by atoms with Gasteiger partial charge in [0, 0.05) is 19.7 Å². The predicted molar refractivity (Wildman–Crippen MR) is 44.4 cm³/mol. The summed E-state index contributed by atoms with van der Waals surface area (Å²) in [6, 6.07) is 0. The molecule has 0 radical (unpaired) electrons. The molecule has 4 N–H and O–H groups in total. The number of nitrogens with two attached hydrogens (primary N) is 1. The first-order chi connectivity index (χ1) is 5.41. The minimum Gasteiger partial charge on any atom is -0.394 e. The Bertz CT molecular complexity index is 63.5. The molecule has 0 saturated heterocycles. The van der Waals surface area contributed by atoms with Crippen LogP contribution < -0.4 is 11.1 Å². The predicted octanol–water partition coefficient (Wildman–Crippen LogP) is -1.07. The average molecular weight is 162 g/mol. The van der Waals surface area contributed by atoms with Crippen LogP contribution in [0.2, 0.25) is 0 Å². The second-order valence-corrected chi connectivity index (χ2v) is 2.23. The highest BCUT2D eigenvalue weighted by molar-refractivity contribution is 4.46. The number of nitrogens with one attached hydrogen (secondary N) is 1. The summed E-state index contributed by atoms with van der Waals surface area (Å²) in [5.41, 5.74) is 5.26. The van der Waals surface area contributed by atoms with Crippen molar-refractivity contribution in [3.8, 4) is 0 Å². The molecule has 0 unspecified atom stereocenters. The average Bonchev–Trinajstić information content (AvgIpc) is 2.03. The second-order valence-electron chi connectivity index (χ2n) is 2.23. The van der Waals surface area contributed by atoms with E-state index in [4.69, 9.17) is 15.6 Å². The lowest BCUT2D eigenvalue weighted by Gasteiger charge is -2.02. The van der Waals surface area contributed by atoms with Gasteiger partial charge in [-0.25, -0.2) is 0 Å². The molecule has 4 heteroatoms. The maximum absolute atomic E-state index is 8.35. The highest BCUT2D eigenvalue weighted by Crippen LogP contribution is 1.79. The van der Waals surface area contributed by atoms with E-state index in [1.807, 2.05) is 0 Å². The summed E-state index contributed by atoms with van der Waals surface area (Å²) in [6.45, 7) is 3.73. The Labute approximate surface area is 67.7 Å². The van der Waals surface area contributed by atoms with Gasteiger partial charge in [-0.3, -0.25) is 0 Å². The van der Waals surface area contributed by atoms with Crippen molar-refractivity contribution < 1.29 is 9.84 Å². The van der Waals surface area contributed by atoms with E-state index in [-0.39, 0.29) is 6.61 Å². The fourth-order valence-corrected chi connectivity index (χ4v) is 0.693. The Balaban J connectivity index is 2.69. The van der Waals surface area contributed by atoms with E-state index in [0.29, 0.717) is 19.8 Å². The maximum atomic E-state index is 8.35. The van der Waals surface area contributed by atoms with Crippen molar-refractivity contribution in [3.05, 3.63) is 0 Å². The highest BCUT2D eigenvalue weighted by Gasteiger charge is 1.87. The molecule has 0 aliphatic rings. The molecule has 4 nitrogen and oxygen atoms in total. The fourth-order valence-electron chi connectivity index (χ4n) is 0.693. The van der Waals surface area contributed by atoms with Crippen molar-refractivity contribution in [3.63, 3.8) is 0 Å². The Morgan fingerprint density at radius 2 is 2.09 bits per heavy atom. The van der Waals surface area contributed by atoms with Crippen LogP contribution in [0.1, 0.15) is 6.42 Å². The number of rotatable bonds is 8. The zero-order valence-corrected chi connectivity index (χ0v) is 6.88. The molecule has 0 aliphatic carbocycles. The van der Waals surface area contributed by atoms with Crippen molar-refractivity contribution in [2.75, 3.05) is 39.5 Å².